The Hall–Kier alpha value is -3.43. The molecule has 2 aliphatic heterocycles. The summed E-state index contributed by atoms with van der Waals surface area (Å²) in [5.41, 5.74) is 6.26. The Morgan fingerprint density at radius 1 is 0.882 bits per heavy atom. The van der Waals surface area contributed by atoms with Gasteiger partial charge in [0.2, 0.25) is 5.88 Å². The van der Waals surface area contributed by atoms with E-state index in [1.807, 2.05) is 6.21 Å². The lowest BCUT2D eigenvalue weighted by Gasteiger charge is -2.37. The quantitative estimate of drug-likeness (QED) is 0.418. The summed E-state index contributed by atoms with van der Waals surface area (Å²) in [6, 6.07) is 31.9. The number of ether oxygens (including phenoxy) is 1. The molecule has 0 unspecified atom stereocenters. The Morgan fingerprint density at radius 3 is 2.06 bits per heavy atom. The highest BCUT2D eigenvalue weighted by atomic mass is 16.5. The predicted molar refractivity (Wildman–Crippen MR) is 140 cm³/mol. The molecule has 0 amide bonds. The zero-order chi connectivity index (χ0) is 23.2. The second kappa shape index (κ2) is 10.7. The van der Waals surface area contributed by atoms with Crippen LogP contribution in [0.3, 0.4) is 0 Å². The van der Waals surface area contributed by atoms with Crippen LogP contribution in [0.4, 0.5) is 0 Å². The summed E-state index contributed by atoms with van der Waals surface area (Å²) < 4.78 is 6.40. The number of piperidine rings is 1. The lowest BCUT2D eigenvalue weighted by Crippen LogP contribution is -2.42. The average Bonchev–Trinajstić information content (AvgIpc) is 2.89. The van der Waals surface area contributed by atoms with Crippen LogP contribution < -0.4 is 0 Å². The zero-order valence-corrected chi connectivity index (χ0v) is 19.8. The minimum atomic E-state index is 0.212. The van der Waals surface area contributed by atoms with Crippen LogP contribution in [-0.4, -0.2) is 30.3 Å². The van der Waals surface area contributed by atoms with E-state index in [9.17, 15) is 0 Å². The van der Waals surface area contributed by atoms with Crippen molar-refractivity contribution in [2.75, 3.05) is 13.1 Å². The molecule has 2 atom stereocenters. The fourth-order valence-corrected chi connectivity index (χ4v) is 4.96. The van der Waals surface area contributed by atoms with E-state index in [4.69, 9.17) is 9.73 Å². The van der Waals surface area contributed by atoms with Gasteiger partial charge in [0, 0.05) is 31.8 Å². The minimum absolute atomic E-state index is 0.212. The molecule has 0 aliphatic carbocycles. The highest BCUT2D eigenvalue weighted by molar-refractivity contribution is 5.97. The van der Waals surface area contributed by atoms with E-state index < -0.39 is 0 Å². The van der Waals surface area contributed by atoms with Gasteiger partial charge in [-0.3, -0.25) is 4.90 Å². The Balaban J connectivity index is 1.25. The second-order valence-electron chi connectivity index (χ2n) is 9.28. The minimum Gasteiger partial charge on any atom is -0.474 e. The molecular weight excluding hydrogens is 416 g/mol. The van der Waals surface area contributed by atoms with E-state index in [1.165, 1.54) is 27.8 Å². The molecule has 2 heterocycles. The Labute approximate surface area is 203 Å². The summed E-state index contributed by atoms with van der Waals surface area (Å²) in [7, 11) is 0. The Morgan fingerprint density at radius 2 is 1.50 bits per heavy atom. The molecule has 1 fully saturated rings. The van der Waals surface area contributed by atoms with Crippen molar-refractivity contribution in [1.29, 1.82) is 0 Å². The third-order valence-electron chi connectivity index (χ3n) is 6.72. The summed E-state index contributed by atoms with van der Waals surface area (Å²) >= 11 is 0. The van der Waals surface area contributed by atoms with Crippen LogP contribution in [-0.2, 0) is 11.3 Å². The van der Waals surface area contributed by atoms with Gasteiger partial charge in [-0.05, 0) is 46.8 Å². The molecule has 3 nitrogen and oxygen atoms in total. The molecule has 5 rings (SSSR count). The van der Waals surface area contributed by atoms with Gasteiger partial charge in [0.25, 0.3) is 0 Å². The highest BCUT2D eigenvalue weighted by Crippen LogP contribution is 2.31. The number of aliphatic imine (C=N–C) groups is 1. The Bertz CT molecular complexity index is 1120. The molecule has 2 aliphatic rings. The molecule has 0 N–H and O–H groups in total. The van der Waals surface area contributed by atoms with E-state index in [0.29, 0.717) is 5.92 Å². The van der Waals surface area contributed by atoms with Gasteiger partial charge >= 0.3 is 0 Å². The maximum absolute atomic E-state index is 6.40. The molecule has 0 radical (unpaired) electrons. The van der Waals surface area contributed by atoms with Gasteiger partial charge in [-0.15, -0.1) is 0 Å². The molecule has 172 valence electrons. The number of hydrogen-bond acceptors (Lipinski definition) is 3. The molecule has 3 aromatic rings. The van der Waals surface area contributed by atoms with Crippen molar-refractivity contribution in [2.24, 2.45) is 10.9 Å². The molecule has 1 saturated heterocycles. The first-order chi connectivity index (χ1) is 16.8. The maximum atomic E-state index is 6.40. The van der Waals surface area contributed by atoms with Crippen LogP contribution in [0.1, 0.15) is 36.5 Å². The van der Waals surface area contributed by atoms with E-state index in [1.54, 1.807) is 0 Å². The zero-order valence-electron chi connectivity index (χ0n) is 19.8. The number of rotatable bonds is 6. The largest absolute Gasteiger partial charge is 0.474 e. The molecular formula is C31H32N2O. The van der Waals surface area contributed by atoms with Crippen LogP contribution in [0.5, 0.6) is 0 Å². The van der Waals surface area contributed by atoms with Gasteiger partial charge in [-0.25, -0.2) is 4.99 Å². The van der Waals surface area contributed by atoms with Crippen molar-refractivity contribution < 1.29 is 4.74 Å². The molecule has 0 spiro atoms. The van der Waals surface area contributed by atoms with E-state index in [-0.39, 0.29) is 6.10 Å². The number of likely N-dealkylation sites (tertiary alicyclic amines) is 1. The second-order valence-corrected chi connectivity index (χ2v) is 9.28. The van der Waals surface area contributed by atoms with E-state index in [2.05, 4.69) is 109 Å². The van der Waals surface area contributed by atoms with Crippen LogP contribution in [0.2, 0.25) is 0 Å². The van der Waals surface area contributed by atoms with Crippen molar-refractivity contribution >= 4 is 11.8 Å². The molecule has 0 bridgehead atoms. The van der Waals surface area contributed by atoms with Crippen molar-refractivity contribution in [3.05, 3.63) is 125 Å². The van der Waals surface area contributed by atoms with Gasteiger partial charge in [0.05, 0.1) is 0 Å². The number of benzene rings is 3. The maximum Gasteiger partial charge on any atom is 0.209 e. The van der Waals surface area contributed by atoms with Crippen LogP contribution in [0.25, 0.3) is 5.57 Å². The first-order valence-corrected chi connectivity index (χ1v) is 12.3. The summed E-state index contributed by atoms with van der Waals surface area (Å²) in [4.78, 5) is 7.27. The van der Waals surface area contributed by atoms with Crippen LogP contribution in [0, 0.1) is 5.92 Å². The highest BCUT2D eigenvalue weighted by Gasteiger charge is 2.28. The number of nitrogens with zero attached hydrogens (tertiary/aromatic N) is 2. The summed E-state index contributed by atoms with van der Waals surface area (Å²) in [5.74, 6) is 1.23. The van der Waals surface area contributed by atoms with Crippen LogP contribution in [0.15, 0.2) is 114 Å². The standard InChI is InChI=1S/C31H32N2O/c1-24-22-33(23-25-11-5-2-6-12-25)20-19-29(24)34-30-18-17-28(21-32-30)31(26-13-7-3-8-14-26)27-15-9-4-10-16-27/h2-16,18,21,24,29H,17,19-20,22-23H2,1H3/t24-,29-/m0/s1. The monoisotopic (exact) mass is 448 g/mol. The first-order valence-electron chi connectivity index (χ1n) is 12.3. The summed E-state index contributed by atoms with van der Waals surface area (Å²) in [6.45, 7) is 5.41. The molecule has 3 aromatic carbocycles. The first kappa shape index (κ1) is 22.4. The Kier molecular flexibility index (Phi) is 7.02. The average molecular weight is 449 g/mol. The fraction of sp³-hybridized carbons (Fsp3) is 0.258. The smallest absolute Gasteiger partial charge is 0.209 e. The SMILES string of the molecule is C[C@H]1CN(Cc2ccccc2)CC[C@@H]1OC1=CCC(=C(c2ccccc2)c2ccccc2)C=N1. The number of hydrogen-bond donors (Lipinski definition) is 0. The molecule has 0 saturated carbocycles. The van der Waals surface area contributed by atoms with Gasteiger partial charge in [0.1, 0.15) is 6.10 Å². The van der Waals surface area contributed by atoms with E-state index >= 15 is 0 Å². The number of allylic oxidation sites excluding steroid dienone is 2. The van der Waals surface area contributed by atoms with Crippen molar-refractivity contribution in [1.82, 2.24) is 4.90 Å². The van der Waals surface area contributed by atoms with Gasteiger partial charge in [-0.2, -0.15) is 0 Å². The topological polar surface area (TPSA) is 24.8 Å². The van der Waals surface area contributed by atoms with Crippen molar-refractivity contribution in [2.45, 2.75) is 32.4 Å². The van der Waals surface area contributed by atoms with Gasteiger partial charge in [0.15, 0.2) is 0 Å². The predicted octanol–water partition coefficient (Wildman–Crippen LogP) is 6.73. The van der Waals surface area contributed by atoms with Gasteiger partial charge < -0.3 is 4.74 Å². The van der Waals surface area contributed by atoms with Gasteiger partial charge in [-0.1, -0.05) is 97.9 Å². The third kappa shape index (κ3) is 5.37. The molecule has 3 heteroatoms. The molecule has 34 heavy (non-hydrogen) atoms. The van der Waals surface area contributed by atoms with Crippen LogP contribution >= 0.6 is 0 Å². The third-order valence-corrected chi connectivity index (χ3v) is 6.72. The van der Waals surface area contributed by atoms with Crippen molar-refractivity contribution in [3.63, 3.8) is 0 Å². The normalized spacial score (nSPS) is 20.6. The molecule has 0 aromatic heterocycles. The summed E-state index contributed by atoms with van der Waals surface area (Å²) in [6.07, 6.45) is 6.20. The lowest BCUT2D eigenvalue weighted by atomic mass is 9.91. The lowest BCUT2D eigenvalue weighted by molar-refractivity contribution is 0.00533. The summed E-state index contributed by atoms with van der Waals surface area (Å²) in [5, 5.41) is 0. The van der Waals surface area contributed by atoms with Crippen molar-refractivity contribution in [3.8, 4) is 0 Å². The fourth-order valence-electron chi connectivity index (χ4n) is 4.96. The van der Waals surface area contributed by atoms with E-state index in [0.717, 1.165) is 38.4 Å².